The van der Waals surface area contributed by atoms with Gasteiger partial charge in [-0.25, -0.2) is 0 Å². The molecule has 3 rings (SSSR count). The number of amides is 1. The van der Waals surface area contributed by atoms with Crippen molar-refractivity contribution < 1.29 is 4.79 Å². The van der Waals surface area contributed by atoms with Crippen LogP contribution >= 0.6 is 0 Å². The van der Waals surface area contributed by atoms with E-state index in [4.69, 9.17) is 0 Å². The highest BCUT2D eigenvalue weighted by atomic mass is 16.2. The Bertz CT molecular complexity index is 834. The Hall–Kier alpha value is -2.95. The Morgan fingerprint density at radius 3 is 2.52 bits per heavy atom. The van der Waals surface area contributed by atoms with Crippen molar-refractivity contribution in [3.8, 4) is 0 Å². The summed E-state index contributed by atoms with van der Waals surface area (Å²) in [5.41, 5.74) is 4.57. The zero-order chi connectivity index (χ0) is 17.8. The van der Waals surface area contributed by atoms with Crippen molar-refractivity contribution in [1.82, 2.24) is 20.1 Å². The number of rotatable bonds is 5. The summed E-state index contributed by atoms with van der Waals surface area (Å²) in [5, 5.41) is 7.34. The lowest BCUT2D eigenvalue weighted by Gasteiger charge is -2.18. The summed E-state index contributed by atoms with van der Waals surface area (Å²) in [7, 11) is 1.83. The second-order valence-corrected chi connectivity index (χ2v) is 6.26. The number of carbonyl (C=O) groups is 1. The van der Waals surface area contributed by atoms with Crippen LogP contribution in [0.2, 0.25) is 0 Å². The van der Waals surface area contributed by atoms with Crippen LogP contribution in [0.4, 0.5) is 0 Å². The van der Waals surface area contributed by atoms with E-state index in [0.717, 1.165) is 17.0 Å². The van der Waals surface area contributed by atoms with Crippen molar-refractivity contribution in [2.75, 3.05) is 0 Å². The van der Waals surface area contributed by atoms with Crippen molar-refractivity contribution in [3.05, 3.63) is 82.9 Å². The number of nitrogens with one attached hydrogen (secondary N) is 1. The largest absolute Gasteiger partial charge is 0.342 e. The van der Waals surface area contributed by atoms with Gasteiger partial charge in [-0.15, -0.1) is 0 Å². The maximum atomic E-state index is 12.6. The van der Waals surface area contributed by atoms with E-state index in [1.165, 1.54) is 5.56 Å². The van der Waals surface area contributed by atoms with Gasteiger partial charge in [-0.2, -0.15) is 5.10 Å². The smallest absolute Gasteiger partial charge is 0.272 e. The fraction of sp³-hybridized carbons (Fsp3) is 0.250. The third-order valence-corrected chi connectivity index (χ3v) is 4.26. The minimum Gasteiger partial charge on any atom is -0.342 e. The van der Waals surface area contributed by atoms with E-state index in [9.17, 15) is 4.79 Å². The summed E-state index contributed by atoms with van der Waals surface area (Å²) in [4.78, 5) is 17.0. The molecule has 2 heterocycles. The molecule has 0 aliphatic rings. The van der Waals surface area contributed by atoms with Gasteiger partial charge in [0.25, 0.3) is 5.91 Å². The van der Waals surface area contributed by atoms with Crippen LogP contribution in [0, 0.1) is 13.8 Å². The lowest BCUT2D eigenvalue weighted by atomic mass is 10.0. The summed E-state index contributed by atoms with van der Waals surface area (Å²) in [5.74, 6) is -0.188. The molecule has 0 saturated heterocycles. The van der Waals surface area contributed by atoms with Crippen LogP contribution in [-0.2, 0) is 13.5 Å². The molecule has 0 spiro atoms. The maximum absolute atomic E-state index is 12.6. The number of nitrogens with zero attached hydrogens (tertiary/aromatic N) is 3. The maximum Gasteiger partial charge on any atom is 0.272 e. The first-order chi connectivity index (χ1) is 12.0. The molecule has 5 nitrogen and oxygen atoms in total. The first-order valence-electron chi connectivity index (χ1n) is 8.31. The molecule has 3 aromatic rings. The molecule has 0 aliphatic heterocycles. The fourth-order valence-electron chi connectivity index (χ4n) is 2.68. The van der Waals surface area contributed by atoms with Gasteiger partial charge in [0.1, 0.15) is 5.69 Å². The Morgan fingerprint density at radius 1 is 1.16 bits per heavy atom. The SMILES string of the molecule is Cc1ccc(C[C@@H](NC(=O)c2cc(C)n(C)n2)c2ccccn2)cc1. The van der Waals surface area contributed by atoms with Crippen LogP contribution in [0.25, 0.3) is 0 Å². The molecule has 0 fully saturated rings. The van der Waals surface area contributed by atoms with Gasteiger partial charge in [-0.05, 0) is 44.0 Å². The van der Waals surface area contributed by atoms with Crippen LogP contribution in [0.1, 0.15) is 39.0 Å². The average Bonchev–Trinajstić information content (AvgIpc) is 2.96. The zero-order valence-electron chi connectivity index (χ0n) is 14.7. The van der Waals surface area contributed by atoms with Crippen LogP contribution in [0.15, 0.2) is 54.7 Å². The van der Waals surface area contributed by atoms with Crippen molar-refractivity contribution >= 4 is 5.91 Å². The highest BCUT2D eigenvalue weighted by Crippen LogP contribution is 2.18. The first kappa shape index (κ1) is 16.9. The van der Waals surface area contributed by atoms with Gasteiger partial charge in [-0.3, -0.25) is 14.5 Å². The summed E-state index contributed by atoms with van der Waals surface area (Å²) >= 11 is 0. The van der Waals surface area contributed by atoms with E-state index in [1.807, 2.05) is 32.2 Å². The molecule has 25 heavy (non-hydrogen) atoms. The van der Waals surface area contributed by atoms with Gasteiger partial charge in [0, 0.05) is 18.9 Å². The lowest BCUT2D eigenvalue weighted by molar-refractivity contribution is 0.0930. The number of hydrogen-bond donors (Lipinski definition) is 1. The minimum atomic E-state index is -0.210. The molecule has 1 amide bonds. The third-order valence-electron chi connectivity index (χ3n) is 4.26. The quantitative estimate of drug-likeness (QED) is 0.780. The molecule has 0 unspecified atom stereocenters. The number of aryl methyl sites for hydroxylation is 3. The monoisotopic (exact) mass is 334 g/mol. The topological polar surface area (TPSA) is 59.8 Å². The molecular formula is C20H22N4O. The Balaban J connectivity index is 1.83. The standard InChI is InChI=1S/C20H22N4O/c1-14-7-9-16(10-8-14)13-18(17-6-4-5-11-21-17)22-20(25)19-12-15(2)24(3)23-19/h4-12,18H,13H2,1-3H3,(H,22,25)/t18-/m1/s1. The van der Waals surface area contributed by atoms with Crippen molar-refractivity contribution in [2.24, 2.45) is 7.05 Å². The number of aromatic nitrogens is 3. The molecule has 128 valence electrons. The Labute approximate surface area is 147 Å². The fourth-order valence-corrected chi connectivity index (χ4v) is 2.68. The molecule has 0 bridgehead atoms. The van der Waals surface area contributed by atoms with Gasteiger partial charge < -0.3 is 5.32 Å². The molecular weight excluding hydrogens is 312 g/mol. The van der Waals surface area contributed by atoms with Crippen LogP contribution in [0.5, 0.6) is 0 Å². The lowest BCUT2D eigenvalue weighted by Crippen LogP contribution is -2.31. The van der Waals surface area contributed by atoms with Crippen LogP contribution in [-0.4, -0.2) is 20.7 Å². The number of benzene rings is 1. The second kappa shape index (κ2) is 7.30. The molecule has 0 aliphatic carbocycles. The van der Waals surface area contributed by atoms with E-state index in [-0.39, 0.29) is 11.9 Å². The van der Waals surface area contributed by atoms with E-state index in [1.54, 1.807) is 16.9 Å². The highest BCUT2D eigenvalue weighted by Gasteiger charge is 2.19. The summed E-state index contributed by atoms with van der Waals surface area (Å²) < 4.78 is 1.70. The summed E-state index contributed by atoms with van der Waals surface area (Å²) in [6.45, 7) is 3.98. The van der Waals surface area contributed by atoms with Crippen molar-refractivity contribution in [2.45, 2.75) is 26.3 Å². The van der Waals surface area contributed by atoms with Crippen LogP contribution in [0.3, 0.4) is 0 Å². The van der Waals surface area contributed by atoms with Gasteiger partial charge in [0.2, 0.25) is 0 Å². The van der Waals surface area contributed by atoms with E-state index >= 15 is 0 Å². The van der Waals surface area contributed by atoms with Gasteiger partial charge in [-0.1, -0.05) is 35.9 Å². The number of pyridine rings is 1. The van der Waals surface area contributed by atoms with Crippen molar-refractivity contribution in [1.29, 1.82) is 0 Å². The molecule has 1 N–H and O–H groups in total. The van der Waals surface area contributed by atoms with E-state index < -0.39 is 0 Å². The normalized spacial score (nSPS) is 12.0. The first-order valence-corrected chi connectivity index (χ1v) is 8.31. The molecule has 5 heteroatoms. The predicted octanol–water partition coefficient (Wildman–Crippen LogP) is 3.15. The second-order valence-electron chi connectivity index (χ2n) is 6.26. The van der Waals surface area contributed by atoms with Gasteiger partial charge in [0.15, 0.2) is 0 Å². The summed E-state index contributed by atoms with van der Waals surface area (Å²) in [6, 6.07) is 15.6. The zero-order valence-corrected chi connectivity index (χ0v) is 14.7. The summed E-state index contributed by atoms with van der Waals surface area (Å²) in [6.07, 6.45) is 2.42. The third kappa shape index (κ3) is 4.12. The van der Waals surface area contributed by atoms with Crippen LogP contribution < -0.4 is 5.32 Å². The minimum absolute atomic E-state index is 0.188. The average molecular weight is 334 g/mol. The number of carbonyl (C=O) groups excluding carboxylic acids is 1. The Kier molecular flexibility index (Phi) is 4.93. The molecule has 1 atom stereocenters. The number of hydrogen-bond acceptors (Lipinski definition) is 3. The van der Waals surface area contributed by atoms with E-state index in [0.29, 0.717) is 12.1 Å². The molecule has 2 aromatic heterocycles. The molecule has 0 radical (unpaired) electrons. The van der Waals surface area contributed by atoms with Crippen molar-refractivity contribution in [3.63, 3.8) is 0 Å². The van der Waals surface area contributed by atoms with E-state index in [2.05, 4.69) is 46.6 Å². The molecule has 1 aromatic carbocycles. The van der Waals surface area contributed by atoms with Gasteiger partial charge >= 0.3 is 0 Å². The Morgan fingerprint density at radius 2 is 1.92 bits per heavy atom. The van der Waals surface area contributed by atoms with Gasteiger partial charge in [0.05, 0.1) is 11.7 Å². The predicted molar refractivity (Wildman–Crippen MR) is 97.3 cm³/mol. The molecule has 0 saturated carbocycles. The highest BCUT2D eigenvalue weighted by molar-refractivity contribution is 5.92.